The minimum absolute atomic E-state index is 1.14. The maximum absolute atomic E-state index is 2.26. The molecule has 1 rings (SSSR count). The molecule has 0 radical (unpaired) electrons. The zero-order valence-electron chi connectivity index (χ0n) is 7.23. The Balaban J connectivity index is 3.20. The minimum atomic E-state index is 1.14. The highest BCUT2D eigenvalue weighted by Crippen LogP contribution is 2.12. The zero-order valence-corrected chi connectivity index (χ0v) is 7.23. The summed E-state index contributed by atoms with van der Waals surface area (Å²) in [5.74, 6) is 0. The summed E-state index contributed by atoms with van der Waals surface area (Å²) in [5.41, 5.74) is 4.23. The van der Waals surface area contributed by atoms with Crippen molar-refractivity contribution in [1.82, 2.24) is 4.57 Å². The number of aromatic nitrogens is 1. The van der Waals surface area contributed by atoms with Crippen LogP contribution in [0.1, 0.15) is 23.9 Å². The molecule has 0 aliphatic rings. The lowest BCUT2D eigenvalue weighted by Gasteiger charge is -2.01. The van der Waals surface area contributed by atoms with E-state index in [-0.39, 0.29) is 0 Å². The Labute approximate surface area is 62.7 Å². The fourth-order valence-corrected chi connectivity index (χ4v) is 1.49. The standard InChI is InChI=1S/C9H15N/c1-5-9-7(2)6-8(3)10(9)4/h6H,5H2,1-4H3. The van der Waals surface area contributed by atoms with Gasteiger partial charge in [-0.15, -0.1) is 0 Å². The number of nitrogens with zero attached hydrogens (tertiary/aromatic N) is 1. The first-order valence-corrected chi connectivity index (χ1v) is 3.78. The van der Waals surface area contributed by atoms with E-state index in [4.69, 9.17) is 0 Å². The predicted octanol–water partition coefficient (Wildman–Crippen LogP) is 2.20. The summed E-state index contributed by atoms with van der Waals surface area (Å²) in [6.07, 6.45) is 1.14. The smallest absolute Gasteiger partial charge is 0.0200 e. The highest BCUT2D eigenvalue weighted by atomic mass is 14.9. The van der Waals surface area contributed by atoms with E-state index in [1.54, 1.807) is 0 Å². The van der Waals surface area contributed by atoms with Gasteiger partial charge in [-0.05, 0) is 31.9 Å². The van der Waals surface area contributed by atoms with Gasteiger partial charge >= 0.3 is 0 Å². The molecule has 0 bridgehead atoms. The van der Waals surface area contributed by atoms with Crippen LogP contribution in [0.5, 0.6) is 0 Å². The number of aryl methyl sites for hydroxylation is 2. The summed E-state index contributed by atoms with van der Waals surface area (Å²) in [4.78, 5) is 0. The normalized spacial score (nSPS) is 10.4. The Morgan fingerprint density at radius 1 is 1.40 bits per heavy atom. The molecule has 10 heavy (non-hydrogen) atoms. The third-order valence-corrected chi connectivity index (χ3v) is 2.15. The van der Waals surface area contributed by atoms with Gasteiger partial charge in [-0.25, -0.2) is 0 Å². The van der Waals surface area contributed by atoms with Crippen LogP contribution < -0.4 is 0 Å². The summed E-state index contributed by atoms with van der Waals surface area (Å²) in [5, 5.41) is 0. The highest BCUT2D eigenvalue weighted by Gasteiger charge is 2.02. The van der Waals surface area contributed by atoms with Crippen molar-refractivity contribution < 1.29 is 0 Å². The first-order valence-electron chi connectivity index (χ1n) is 3.78. The molecule has 1 heterocycles. The monoisotopic (exact) mass is 137 g/mol. The molecule has 0 fully saturated rings. The van der Waals surface area contributed by atoms with Crippen molar-refractivity contribution in [3.63, 3.8) is 0 Å². The molecule has 1 heteroatoms. The molecule has 0 saturated carbocycles. The average Bonchev–Trinajstić information content (AvgIpc) is 2.09. The molecule has 56 valence electrons. The molecule has 0 aliphatic carbocycles. The van der Waals surface area contributed by atoms with E-state index in [9.17, 15) is 0 Å². The number of hydrogen-bond donors (Lipinski definition) is 0. The van der Waals surface area contributed by atoms with Crippen LogP contribution in [0, 0.1) is 13.8 Å². The van der Waals surface area contributed by atoms with Crippen LogP contribution in [-0.2, 0) is 13.5 Å². The fourth-order valence-electron chi connectivity index (χ4n) is 1.49. The van der Waals surface area contributed by atoms with Gasteiger partial charge in [0.05, 0.1) is 0 Å². The SMILES string of the molecule is CCc1c(C)cc(C)n1C. The maximum Gasteiger partial charge on any atom is 0.0200 e. The van der Waals surface area contributed by atoms with Gasteiger partial charge < -0.3 is 4.57 Å². The summed E-state index contributed by atoms with van der Waals surface area (Å²) >= 11 is 0. The van der Waals surface area contributed by atoms with E-state index in [2.05, 4.69) is 38.5 Å². The molecule has 0 unspecified atom stereocenters. The molecule has 1 aromatic rings. The first-order chi connectivity index (χ1) is 4.66. The third kappa shape index (κ3) is 0.962. The summed E-state index contributed by atoms with van der Waals surface area (Å²) in [6.45, 7) is 6.51. The summed E-state index contributed by atoms with van der Waals surface area (Å²) < 4.78 is 2.26. The summed E-state index contributed by atoms with van der Waals surface area (Å²) in [7, 11) is 2.13. The predicted molar refractivity (Wildman–Crippen MR) is 44.3 cm³/mol. The molecule has 0 atom stereocenters. The maximum atomic E-state index is 2.26. The van der Waals surface area contributed by atoms with E-state index in [0.29, 0.717) is 0 Å². The second-order valence-corrected chi connectivity index (χ2v) is 2.83. The molecule has 1 aromatic heterocycles. The molecule has 1 nitrogen and oxygen atoms in total. The minimum Gasteiger partial charge on any atom is -0.352 e. The van der Waals surface area contributed by atoms with Crippen molar-refractivity contribution in [3.05, 3.63) is 23.0 Å². The molecule has 0 spiro atoms. The van der Waals surface area contributed by atoms with Gasteiger partial charge in [0.1, 0.15) is 0 Å². The number of rotatable bonds is 1. The van der Waals surface area contributed by atoms with Crippen LogP contribution >= 0.6 is 0 Å². The quantitative estimate of drug-likeness (QED) is 0.559. The van der Waals surface area contributed by atoms with Crippen molar-refractivity contribution >= 4 is 0 Å². The fraction of sp³-hybridized carbons (Fsp3) is 0.556. The van der Waals surface area contributed by atoms with Gasteiger partial charge in [-0.3, -0.25) is 0 Å². The van der Waals surface area contributed by atoms with Gasteiger partial charge in [0.25, 0.3) is 0 Å². The van der Waals surface area contributed by atoms with Gasteiger partial charge in [-0.1, -0.05) is 6.92 Å². The van der Waals surface area contributed by atoms with Crippen molar-refractivity contribution in [2.24, 2.45) is 7.05 Å². The zero-order chi connectivity index (χ0) is 7.72. The van der Waals surface area contributed by atoms with Crippen LogP contribution in [0.15, 0.2) is 6.07 Å². The molecular weight excluding hydrogens is 122 g/mol. The van der Waals surface area contributed by atoms with E-state index >= 15 is 0 Å². The third-order valence-electron chi connectivity index (χ3n) is 2.15. The Morgan fingerprint density at radius 2 is 2.00 bits per heavy atom. The molecular formula is C9H15N. The van der Waals surface area contributed by atoms with Crippen LogP contribution in [-0.4, -0.2) is 4.57 Å². The second kappa shape index (κ2) is 2.49. The topological polar surface area (TPSA) is 4.93 Å². The lowest BCUT2D eigenvalue weighted by molar-refractivity contribution is 0.803. The van der Waals surface area contributed by atoms with E-state index in [1.165, 1.54) is 17.0 Å². The van der Waals surface area contributed by atoms with Gasteiger partial charge in [0.15, 0.2) is 0 Å². The van der Waals surface area contributed by atoms with Gasteiger partial charge in [0.2, 0.25) is 0 Å². The lowest BCUT2D eigenvalue weighted by atomic mass is 10.2. The summed E-state index contributed by atoms with van der Waals surface area (Å²) in [6, 6.07) is 2.23. The van der Waals surface area contributed by atoms with Gasteiger partial charge in [0, 0.05) is 18.4 Å². The second-order valence-electron chi connectivity index (χ2n) is 2.83. The Morgan fingerprint density at radius 3 is 2.20 bits per heavy atom. The lowest BCUT2D eigenvalue weighted by Crippen LogP contribution is -1.96. The van der Waals surface area contributed by atoms with Gasteiger partial charge in [-0.2, -0.15) is 0 Å². The van der Waals surface area contributed by atoms with E-state index in [0.717, 1.165) is 6.42 Å². The van der Waals surface area contributed by atoms with Crippen LogP contribution in [0.25, 0.3) is 0 Å². The molecule has 0 amide bonds. The largest absolute Gasteiger partial charge is 0.352 e. The van der Waals surface area contributed by atoms with Crippen molar-refractivity contribution in [2.45, 2.75) is 27.2 Å². The average molecular weight is 137 g/mol. The van der Waals surface area contributed by atoms with Crippen molar-refractivity contribution in [1.29, 1.82) is 0 Å². The number of hydrogen-bond acceptors (Lipinski definition) is 0. The molecule has 0 N–H and O–H groups in total. The molecule has 0 aromatic carbocycles. The van der Waals surface area contributed by atoms with Crippen LogP contribution in [0.2, 0.25) is 0 Å². The first kappa shape index (κ1) is 7.39. The van der Waals surface area contributed by atoms with E-state index in [1.807, 2.05) is 0 Å². The van der Waals surface area contributed by atoms with E-state index < -0.39 is 0 Å². The Hall–Kier alpha value is -0.720. The van der Waals surface area contributed by atoms with Crippen LogP contribution in [0.4, 0.5) is 0 Å². The molecule has 0 aliphatic heterocycles. The Bertz CT molecular complexity index is 233. The van der Waals surface area contributed by atoms with Crippen LogP contribution in [0.3, 0.4) is 0 Å². The molecule has 0 saturated heterocycles. The van der Waals surface area contributed by atoms with Crippen molar-refractivity contribution in [2.75, 3.05) is 0 Å². The van der Waals surface area contributed by atoms with Crippen molar-refractivity contribution in [3.8, 4) is 0 Å². The Kier molecular flexibility index (Phi) is 1.84. The highest BCUT2D eigenvalue weighted by molar-refractivity contribution is 5.25.